The van der Waals surface area contributed by atoms with E-state index in [9.17, 15) is 30.0 Å². The van der Waals surface area contributed by atoms with Crippen LogP contribution >= 0.6 is 0 Å². The van der Waals surface area contributed by atoms with Gasteiger partial charge in [0.2, 0.25) is 6.29 Å². The molecule has 0 spiro atoms. The minimum Gasteiger partial charge on any atom is -0.466 e. The topological polar surface area (TPSA) is 143 Å². The third-order valence-corrected chi connectivity index (χ3v) is 5.14. The largest absolute Gasteiger partial charge is 0.466 e. The third-order valence-electron chi connectivity index (χ3n) is 5.14. The molecule has 0 amide bonds. The second-order valence-corrected chi connectivity index (χ2v) is 8.22. The summed E-state index contributed by atoms with van der Waals surface area (Å²) in [6.45, 7) is 6.38. The Morgan fingerprint density at radius 2 is 1.25 bits per heavy atom. The SMILES string of the molecule is COC(=O)\C(C)=C/C=C/C(C)=C/C=C/C=C(C)\C=C\C=C(/C)C(=O)OC1OC(CO)C(O)C(O)C1O. The van der Waals surface area contributed by atoms with Crippen molar-refractivity contribution in [3.05, 3.63) is 83.1 Å². The van der Waals surface area contributed by atoms with Gasteiger partial charge in [0.1, 0.15) is 24.4 Å². The molecule has 9 heteroatoms. The van der Waals surface area contributed by atoms with Crippen LogP contribution in [0.2, 0.25) is 0 Å². The van der Waals surface area contributed by atoms with E-state index in [1.54, 1.807) is 31.2 Å². The maximum Gasteiger partial charge on any atom is 0.336 e. The number of allylic oxidation sites excluding steroid dienone is 12. The van der Waals surface area contributed by atoms with Gasteiger partial charge in [0.15, 0.2) is 0 Å². The Bertz CT molecular complexity index is 964. The number of hydrogen-bond donors (Lipinski definition) is 4. The van der Waals surface area contributed by atoms with E-state index in [1.165, 1.54) is 20.1 Å². The highest BCUT2D eigenvalue weighted by molar-refractivity contribution is 5.88. The lowest BCUT2D eigenvalue weighted by Crippen LogP contribution is -2.59. The molecule has 36 heavy (non-hydrogen) atoms. The molecule has 1 saturated heterocycles. The highest BCUT2D eigenvalue weighted by Crippen LogP contribution is 2.22. The monoisotopic (exact) mass is 504 g/mol. The van der Waals surface area contributed by atoms with Crippen molar-refractivity contribution in [2.24, 2.45) is 0 Å². The fourth-order valence-corrected chi connectivity index (χ4v) is 2.87. The van der Waals surface area contributed by atoms with E-state index in [4.69, 9.17) is 9.47 Å². The van der Waals surface area contributed by atoms with E-state index in [2.05, 4.69) is 4.74 Å². The molecule has 198 valence electrons. The van der Waals surface area contributed by atoms with E-state index in [0.717, 1.165) is 11.1 Å². The summed E-state index contributed by atoms with van der Waals surface area (Å²) in [5.74, 6) is -1.15. The van der Waals surface area contributed by atoms with Crippen LogP contribution in [0.5, 0.6) is 0 Å². The molecule has 0 aromatic rings. The first kappa shape index (κ1) is 31.0. The van der Waals surface area contributed by atoms with Gasteiger partial charge in [-0.2, -0.15) is 0 Å². The zero-order chi connectivity index (χ0) is 27.3. The van der Waals surface area contributed by atoms with Crippen molar-refractivity contribution in [2.75, 3.05) is 13.7 Å². The molecule has 0 aromatic carbocycles. The van der Waals surface area contributed by atoms with Crippen LogP contribution in [0.4, 0.5) is 0 Å². The van der Waals surface area contributed by atoms with Crippen molar-refractivity contribution < 1.29 is 44.2 Å². The predicted molar refractivity (Wildman–Crippen MR) is 134 cm³/mol. The molecular weight excluding hydrogens is 468 g/mol. The lowest BCUT2D eigenvalue weighted by atomic mass is 9.99. The van der Waals surface area contributed by atoms with Gasteiger partial charge in [-0.1, -0.05) is 71.9 Å². The lowest BCUT2D eigenvalue weighted by Gasteiger charge is -2.39. The molecule has 5 unspecified atom stereocenters. The molecule has 0 aromatic heterocycles. The summed E-state index contributed by atoms with van der Waals surface area (Å²) in [6.07, 6.45) is 10.3. The first-order valence-electron chi connectivity index (χ1n) is 11.3. The summed E-state index contributed by atoms with van der Waals surface area (Å²) in [6, 6.07) is 0. The molecule has 5 atom stereocenters. The first-order chi connectivity index (χ1) is 17.0. The number of aliphatic hydroxyl groups is 4. The highest BCUT2D eigenvalue weighted by atomic mass is 16.7. The molecule has 4 N–H and O–H groups in total. The van der Waals surface area contributed by atoms with Crippen LogP contribution in [-0.4, -0.2) is 76.8 Å². The Balaban J connectivity index is 2.64. The molecule has 1 aliphatic rings. The normalized spacial score (nSPS) is 26.8. The number of aliphatic hydroxyl groups excluding tert-OH is 4. The van der Waals surface area contributed by atoms with Gasteiger partial charge in [0.05, 0.1) is 13.7 Å². The number of carbonyl (C=O) groups excluding carboxylic acids is 2. The first-order valence-corrected chi connectivity index (χ1v) is 11.3. The van der Waals surface area contributed by atoms with Gasteiger partial charge in [-0.3, -0.25) is 0 Å². The fraction of sp³-hybridized carbons (Fsp3) is 0.407. The third kappa shape index (κ3) is 10.3. The smallest absolute Gasteiger partial charge is 0.336 e. The summed E-state index contributed by atoms with van der Waals surface area (Å²) < 4.78 is 14.9. The van der Waals surface area contributed by atoms with Gasteiger partial charge < -0.3 is 34.6 Å². The lowest BCUT2D eigenvalue weighted by molar-refractivity contribution is -0.291. The molecule has 1 fully saturated rings. The fourth-order valence-electron chi connectivity index (χ4n) is 2.87. The van der Waals surface area contributed by atoms with Gasteiger partial charge >= 0.3 is 11.9 Å². The van der Waals surface area contributed by atoms with Crippen molar-refractivity contribution in [1.82, 2.24) is 0 Å². The highest BCUT2D eigenvalue weighted by Gasteiger charge is 2.45. The van der Waals surface area contributed by atoms with Gasteiger partial charge in [0, 0.05) is 11.1 Å². The van der Waals surface area contributed by atoms with Crippen LogP contribution in [0.25, 0.3) is 0 Å². The van der Waals surface area contributed by atoms with E-state index >= 15 is 0 Å². The van der Waals surface area contributed by atoms with E-state index in [1.807, 2.05) is 44.2 Å². The van der Waals surface area contributed by atoms with Crippen molar-refractivity contribution >= 4 is 11.9 Å². The average Bonchev–Trinajstić information content (AvgIpc) is 2.86. The quantitative estimate of drug-likeness (QED) is 0.199. The molecule has 0 saturated carbocycles. The molecule has 0 radical (unpaired) electrons. The predicted octanol–water partition coefficient (Wildman–Crippen LogP) is 1.96. The Morgan fingerprint density at radius 1 is 0.750 bits per heavy atom. The second-order valence-electron chi connectivity index (χ2n) is 8.22. The Labute approximate surface area is 211 Å². The van der Waals surface area contributed by atoms with E-state index in [-0.39, 0.29) is 11.5 Å². The Hall–Kier alpha value is -3.08. The summed E-state index contributed by atoms with van der Waals surface area (Å²) >= 11 is 0. The van der Waals surface area contributed by atoms with Crippen LogP contribution < -0.4 is 0 Å². The molecule has 1 aliphatic heterocycles. The summed E-state index contributed by atoms with van der Waals surface area (Å²) in [5.41, 5.74) is 2.62. The van der Waals surface area contributed by atoms with Crippen LogP contribution in [-0.2, 0) is 23.8 Å². The van der Waals surface area contributed by atoms with E-state index in [0.29, 0.717) is 5.57 Å². The molecule has 1 rings (SSSR count). The van der Waals surface area contributed by atoms with Gasteiger partial charge in [-0.25, -0.2) is 9.59 Å². The maximum atomic E-state index is 12.3. The molecule has 9 nitrogen and oxygen atoms in total. The molecule has 0 aliphatic carbocycles. The average molecular weight is 505 g/mol. The zero-order valence-corrected chi connectivity index (χ0v) is 21.2. The minimum absolute atomic E-state index is 0.216. The van der Waals surface area contributed by atoms with Crippen molar-refractivity contribution in [3.63, 3.8) is 0 Å². The molecule has 1 heterocycles. The number of esters is 2. The van der Waals surface area contributed by atoms with Gasteiger partial charge in [0.25, 0.3) is 0 Å². The number of ether oxygens (including phenoxy) is 3. The maximum absolute atomic E-state index is 12.3. The number of methoxy groups -OCH3 is 1. The second kappa shape index (κ2) is 15.8. The van der Waals surface area contributed by atoms with Crippen LogP contribution in [0.1, 0.15) is 27.7 Å². The minimum atomic E-state index is -1.65. The Kier molecular flexibility index (Phi) is 13.6. The summed E-state index contributed by atoms with van der Waals surface area (Å²) in [5, 5.41) is 38.7. The molecular formula is C27H36O9. The standard InChI is InChI=1S/C27H36O9/c1-17(12-8-14-19(3)25(32)34-5)10-6-7-11-18(2)13-9-15-20(4)26(33)36-27-24(31)23(30)22(29)21(16-28)35-27/h6-15,21-24,27-31H,16H2,1-5H3/b7-6+,12-8+,13-9+,17-10+,18-11-,19-14-,20-15+. The van der Waals surface area contributed by atoms with E-state index < -0.39 is 43.3 Å². The molecule has 0 bridgehead atoms. The van der Waals surface area contributed by atoms with Gasteiger partial charge in [-0.05, 0) is 27.7 Å². The number of rotatable bonds is 10. The summed E-state index contributed by atoms with van der Waals surface area (Å²) in [4.78, 5) is 23.6. The Morgan fingerprint density at radius 3 is 1.72 bits per heavy atom. The van der Waals surface area contributed by atoms with Crippen molar-refractivity contribution in [1.29, 1.82) is 0 Å². The number of hydrogen-bond acceptors (Lipinski definition) is 9. The zero-order valence-electron chi connectivity index (χ0n) is 21.2. The van der Waals surface area contributed by atoms with Crippen LogP contribution in [0.15, 0.2) is 83.1 Å². The summed E-state index contributed by atoms with van der Waals surface area (Å²) in [7, 11) is 1.34. The van der Waals surface area contributed by atoms with Gasteiger partial charge in [-0.15, -0.1) is 0 Å². The van der Waals surface area contributed by atoms with Crippen molar-refractivity contribution in [2.45, 2.75) is 58.4 Å². The van der Waals surface area contributed by atoms with Crippen LogP contribution in [0, 0.1) is 0 Å². The van der Waals surface area contributed by atoms with Crippen LogP contribution in [0.3, 0.4) is 0 Å². The number of carbonyl (C=O) groups is 2. The van der Waals surface area contributed by atoms with Crippen molar-refractivity contribution in [3.8, 4) is 0 Å².